The maximum Gasteiger partial charge on any atom is 0.123 e. The van der Waals surface area contributed by atoms with Crippen molar-refractivity contribution in [2.24, 2.45) is 0 Å². The first-order valence-corrected chi connectivity index (χ1v) is 7.89. The summed E-state index contributed by atoms with van der Waals surface area (Å²) in [6.45, 7) is 2.09. The summed E-state index contributed by atoms with van der Waals surface area (Å²) in [5.41, 5.74) is 3.05. The molecule has 1 unspecified atom stereocenters. The van der Waals surface area contributed by atoms with E-state index < -0.39 is 0 Å². The van der Waals surface area contributed by atoms with Crippen LogP contribution in [-0.4, -0.2) is 14.2 Å². The maximum atomic E-state index is 9.61. The number of aryl methyl sites for hydroxylation is 1. The monoisotopic (exact) mass is 329 g/mol. The number of ether oxygens (including phenoxy) is 2. The maximum absolute atomic E-state index is 9.61. The topological polar surface area (TPSA) is 42.2 Å². The van der Waals surface area contributed by atoms with E-state index in [0.717, 1.165) is 28.9 Å². The Labute approximate surface area is 142 Å². The smallest absolute Gasteiger partial charge is 0.123 e. The molecule has 0 fully saturated rings. The second-order valence-corrected chi connectivity index (χ2v) is 5.71. The summed E-state index contributed by atoms with van der Waals surface area (Å²) in [7, 11) is 3.27. The minimum atomic E-state index is -0.318. The van der Waals surface area contributed by atoms with E-state index in [2.05, 4.69) is 19.1 Å². The zero-order chi connectivity index (χ0) is 16.8. The second kappa shape index (κ2) is 7.89. The Morgan fingerprint density at radius 1 is 1.09 bits per heavy atom. The van der Waals surface area contributed by atoms with Crippen LogP contribution in [0.25, 0.3) is 0 Å². The third kappa shape index (κ3) is 3.97. The molecule has 0 aliphatic heterocycles. The van der Waals surface area contributed by atoms with Crippen molar-refractivity contribution in [3.63, 3.8) is 0 Å². The van der Waals surface area contributed by atoms with Gasteiger partial charge in [-0.2, -0.15) is 5.26 Å². The van der Waals surface area contributed by atoms with Gasteiger partial charge in [-0.05, 0) is 48.2 Å². The highest BCUT2D eigenvalue weighted by Gasteiger charge is 2.17. The SMILES string of the molecule is CCc1cc(CC(C#N)c2cc(Cl)ccc2OC)ccc1OC. The molecule has 0 aliphatic carbocycles. The lowest BCUT2D eigenvalue weighted by Gasteiger charge is -2.15. The van der Waals surface area contributed by atoms with Crippen LogP contribution >= 0.6 is 11.6 Å². The van der Waals surface area contributed by atoms with Crippen molar-refractivity contribution < 1.29 is 9.47 Å². The average molecular weight is 330 g/mol. The van der Waals surface area contributed by atoms with E-state index in [1.807, 2.05) is 12.1 Å². The van der Waals surface area contributed by atoms with Crippen molar-refractivity contribution in [1.29, 1.82) is 5.26 Å². The molecule has 1 atom stereocenters. The molecule has 0 N–H and O–H groups in total. The van der Waals surface area contributed by atoms with Gasteiger partial charge in [-0.1, -0.05) is 30.7 Å². The van der Waals surface area contributed by atoms with E-state index in [9.17, 15) is 5.26 Å². The molecule has 120 valence electrons. The largest absolute Gasteiger partial charge is 0.496 e. The third-order valence-corrected chi connectivity index (χ3v) is 4.12. The fourth-order valence-corrected chi connectivity index (χ4v) is 2.85. The van der Waals surface area contributed by atoms with Crippen molar-refractivity contribution in [3.8, 4) is 17.6 Å². The lowest BCUT2D eigenvalue weighted by atomic mass is 9.91. The summed E-state index contributed by atoms with van der Waals surface area (Å²) >= 11 is 6.08. The Bertz CT molecular complexity index is 722. The highest BCUT2D eigenvalue weighted by molar-refractivity contribution is 6.30. The molecule has 4 heteroatoms. The quantitative estimate of drug-likeness (QED) is 0.766. The molecular weight excluding hydrogens is 310 g/mol. The summed E-state index contributed by atoms with van der Waals surface area (Å²) in [6.07, 6.45) is 1.49. The van der Waals surface area contributed by atoms with Crippen molar-refractivity contribution in [2.75, 3.05) is 14.2 Å². The molecule has 0 radical (unpaired) electrons. The molecule has 23 heavy (non-hydrogen) atoms. The van der Waals surface area contributed by atoms with Gasteiger partial charge in [0.15, 0.2) is 0 Å². The molecule has 0 heterocycles. The number of nitriles is 1. The van der Waals surface area contributed by atoms with Crippen LogP contribution in [0.4, 0.5) is 0 Å². The Morgan fingerprint density at radius 2 is 1.78 bits per heavy atom. The molecular formula is C19H20ClNO2. The number of benzene rings is 2. The summed E-state index contributed by atoms with van der Waals surface area (Å²) in [4.78, 5) is 0. The average Bonchev–Trinajstić information content (AvgIpc) is 2.59. The zero-order valence-corrected chi connectivity index (χ0v) is 14.4. The van der Waals surface area contributed by atoms with Gasteiger partial charge in [-0.15, -0.1) is 0 Å². The van der Waals surface area contributed by atoms with Gasteiger partial charge in [0.05, 0.1) is 26.2 Å². The van der Waals surface area contributed by atoms with E-state index in [-0.39, 0.29) is 5.92 Å². The number of nitrogens with zero attached hydrogens (tertiary/aromatic N) is 1. The van der Waals surface area contributed by atoms with E-state index in [0.29, 0.717) is 17.2 Å². The second-order valence-electron chi connectivity index (χ2n) is 5.27. The van der Waals surface area contributed by atoms with Crippen molar-refractivity contribution >= 4 is 11.6 Å². The Kier molecular flexibility index (Phi) is 5.90. The van der Waals surface area contributed by atoms with Gasteiger partial charge in [0.25, 0.3) is 0 Å². The Hall–Kier alpha value is -2.18. The van der Waals surface area contributed by atoms with E-state index >= 15 is 0 Å². The predicted octanol–water partition coefficient (Wildman–Crippen LogP) is 4.77. The van der Waals surface area contributed by atoms with Crippen LogP contribution in [0.5, 0.6) is 11.5 Å². The zero-order valence-electron chi connectivity index (χ0n) is 13.6. The van der Waals surface area contributed by atoms with Crippen LogP contribution in [0.1, 0.15) is 29.5 Å². The lowest BCUT2D eigenvalue weighted by Crippen LogP contribution is -2.04. The predicted molar refractivity (Wildman–Crippen MR) is 92.4 cm³/mol. The Morgan fingerprint density at radius 3 is 2.39 bits per heavy atom. The first-order valence-electron chi connectivity index (χ1n) is 7.51. The van der Waals surface area contributed by atoms with E-state index in [4.69, 9.17) is 21.1 Å². The van der Waals surface area contributed by atoms with Gasteiger partial charge in [0.1, 0.15) is 11.5 Å². The fraction of sp³-hybridized carbons (Fsp3) is 0.316. The minimum Gasteiger partial charge on any atom is -0.496 e. The van der Waals surface area contributed by atoms with Gasteiger partial charge >= 0.3 is 0 Å². The first kappa shape index (κ1) is 17.2. The van der Waals surface area contributed by atoms with Gasteiger partial charge < -0.3 is 9.47 Å². The van der Waals surface area contributed by atoms with Gasteiger partial charge in [0.2, 0.25) is 0 Å². The standard InChI is InChI=1S/C19H20ClNO2/c1-4-14-9-13(5-7-18(14)22-2)10-15(12-21)17-11-16(20)6-8-19(17)23-3/h5-9,11,15H,4,10H2,1-3H3. The van der Waals surface area contributed by atoms with Gasteiger partial charge in [-0.3, -0.25) is 0 Å². The molecule has 0 aliphatic rings. The summed E-state index contributed by atoms with van der Waals surface area (Å²) in [5.74, 6) is 1.25. The number of hydrogen-bond donors (Lipinski definition) is 0. The van der Waals surface area contributed by atoms with Gasteiger partial charge in [0, 0.05) is 10.6 Å². The van der Waals surface area contributed by atoms with Crippen LogP contribution in [0, 0.1) is 11.3 Å². The number of methoxy groups -OCH3 is 2. The minimum absolute atomic E-state index is 0.318. The number of halogens is 1. The Balaban J connectivity index is 2.34. The van der Waals surface area contributed by atoms with Crippen LogP contribution in [-0.2, 0) is 12.8 Å². The third-order valence-electron chi connectivity index (χ3n) is 3.89. The van der Waals surface area contributed by atoms with Crippen molar-refractivity contribution in [2.45, 2.75) is 25.7 Å². The molecule has 0 saturated heterocycles. The molecule has 0 spiro atoms. The van der Waals surface area contributed by atoms with Crippen LogP contribution in [0.15, 0.2) is 36.4 Å². The molecule has 2 aromatic rings. The number of hydrogen-bond acceptors (Lipinski definition) is 3. The summed E-state index contributed by atoms with van der Waals surface area (Å²) < 4.78 is 10.7. The molecule has 3 nitrogen and oxygen atoms in total. The molecule has 2 rings (SSSR count). The molecule has 0 bridgehead atoms. The van der Waals surface area contributed by atoms with E-state index in [1.54, 1.807) is 32.4 Å². The fourth-order valence-electron chi connectivity index (χ4n) is 2.67. The van der Waals surface area contributed by atoms with Crippen molar-refractivity contribution in [1.82, 2.24) is 0 Å². The lowest BCUT2D eigenvalue weighted by molar-refractivity contribution is 0.407. The van der Waals surface area contributed by atoms with Crippen LogP contribution in [0.2, 0.25) is 5.02 Å². The molecule has 0 aromatic heterocycles. The molecule has 2 aromatic carbocycles. The molecule has 0 saturated carbocycles. The van der Waals surface area contributed by atoms with Crippen LogP contribution in [0.3, 0.4) is 0 Å². The van der Waals surface area contributed by atoms with Gasteiger partial charge in [-0.25, -0.2) is 0 Å². The highest BCUT2D eigenvalue weighted by atomic mass is 35.5. The summed E-state index contributed by atoms with van der Waals surface area (Å²) in [5, 5.41) is 10.2. The van der Waals surface area contributed by atoms with E-state index in [1.165, 1.54) is 0 Å². The number of rotatable bonds is 6. The summed E-state index contributed by atoms with van der Waals surface area (Å²) in [6, 6.07) is 13.8. The van der Waals surface area contributed by atoms with Crippen molar-refractivity contribution in [3.05, 3.63) is 58.1 Å². The van der Waals surface area contributed by atoms with Crippen LogP contribution < -0.4 is 9.47 Å². The normalized spacial score (nSPS) is 11.6. The first-order chi connectivity index (χ1) is 11.1. The molecule has 0 amide bonds. The highest BCUT2D eigenvalue weighted by Crippen LogP contribution is 2.32.